The van der Waals surface area contributed by atoms with Gasteiger partial charge in [0.15, 0.2) is 0 Å². The van der Waals surface area contributed by atoms with E-state index in [1.807, 2.05) is 62.8 Å². The molecule has 1 saturated heterocycles. The normalized spacial score (nSPS) is 16.3. The Kier molecular flexibility index (Phi) is 6.76. The molecule has 0 saturated carbocycles. The molecule has 5 rings (SSSR count). The van der Waals surface area contributed by atoms with E-state index < -0.39 is 0 Å². The summed E-state index contributed by atoms with van der Waals surface area (Å²) in [7, 11) is 4.05. The lowest BCUT2D eigenvalue weighted by atomic mass is 9.90. The highest BCUT2D eigenvalue weighted by Gasteiger charge is 2.34. The highest BCUT2D eigenvalue weighted by Crippen LogP contribution is 2.32. The van der Waals surface area contributed by atoms with Crippen molar-refractivity contribution in [3.63, 3.8) is 0 Å². The lowest BCUT2D eigenvalue weighted by Gasteiger charge is -2.21. The number of aromatic nitrogens is 1. The Hall–Kier alpha value is -4.06. The molecule has 6 nitrogen and oxygen atoms in total. The monoisotopic (exact) mass is 480 g/mol. The van der Waals surface area contributed by atoms with Crippen LogP contribution in [-0.2, 0) is 16.1 Å². The lowest BCUT2D eigenvalue weighted by Crippen LogP contribution is -2.35. The van der Waals surface area contributed by atoms with Gasteiger partial charge in [0.05, 0.1) is 5.92 Å². The van der Waals surface area contributed by atoms with Crippen LogP contribution in [0.2, 0.25) is 0 Å². The number of likely N-dealkylation sites (tertiary alicyclic amines) is 1. The Morgan fingerprint density at radius 3 is 2.50 bits per heavy atom. The van der Waals surface area contributed by atoms with E-state index in [-0.39, 0.29) is 30.1 Å². The highest BCUT2D eigenvalue weighted by molar-refractivity contribution is 5.89. The minimum absolute atomic E-state index is 0.0150. The molecule has 0 unspecified atom stereocenters. The number of benzene rings is 3. The number of hydrogen-bond donors (Lipinski definition) is 2. The summed E-state index contributed by atoms with van der Waals surface area (Å²) >= 11 is 0. The molecule has 0 bridgehead atoms. The van der Waals surface area contributed by atoms with Gasteiger partial charge in [0.2, 0.25) is 11.8 Å². The summed E-state index contributed by atoms with van der Waals surface area (Å²) < 4.78 is 0. The first kappa shape index (κ1) is 23.7. The summed E-state index contributed by atoms with van der Waals surface area (Å²) in [6, 6.07) is 26.6. The molecule has 0 radical (unpaired) electrons. The van der Waals surface area contributed by atoms with Crippen molar-refractivity contribution < 1.29 is 9.59 Å². The van der Waals surface area contributed by atoms with Crippen LogP contribution in [0, 0.1) is 5.92 Å². The number of anilines is 1. The largest absolute Gasteiger partial charge is 0.378 e. The van der Waals surface area contributed by atoms with E-state index in [9.17, 15) is 9.59 Å². The second-order valence-electron chi connectivity index (χ2n) is 9.73. The van der Waals surface area contributed by atoms with E-state index in [0.717, 1.165) is 33.3 Å². The first-order chi connectivity index (χ1) is 17.5. The summed E-state index contributed by atoms with van der Waals surface area (Å²) in [6.07, 6.45) is 2.30. The zero-order chi connectivity index (χ0) is 25.1. The van der Waals surface area contributed by atoms with Crippen LogP contribution < -0.4 is 10.2 Å². The van der Waals surface area contributed by atoms with Crippen LogP contribution in [0.3, 0.4) is 0 Å². The maximum atomic E-state index is 13.2. The Labute approximate surface area is 211 Å². The quantitative estimate of drug-likeness (QED) is 0.389. The molecule has 1 fully saturated rings. The minimum Gasteiger partial charge on any atom is -0.378 e. The molecule has 1 aliphatic heterocycles. The van der Waals surface area contributed by atoms with Gasteiger partial charge in [0.1, 0.15) is 0 Å². The van der Waals surface area contributed by atoms with Crippen LogP contribution in [0.1, 0.15) is 29.0 Å². The van der Waals surface area contributed by atoms with Crippen molar-refractivity contribution in [1.29, 1.82) is 0 Å². The van der Waals surface area contributed by atoms with Gasteiger partial charge in [-0.2, -0.15) is 0 Å². The van der Waals surface area contributed by atoms with Crippen LogP contribution in [0.25, 0.3) is 10.9 Å². The molecule has 2 amide bonds. The van der Waals surface area contributed by atoms with Crippen molar-refractivity contribution in [2.24, 2.45) is 5.92 Å². The third kappa shape index (κ3) is 4.98. The second-order valence-corrected chi connectivity index (χ2v) is 9.73. The van der Waals surface area contributed by atoms with Gasteiger partial charge in [-0.1, -0.05) is 60.7 Å². The molecule has 1 aliphatic rings. The van der Waals surface area contributed by atoms with Gasteiger partial charge in [-0.3, -0.25) is 9.59 Å². The van der Waals surface area contributed by atoms with Gasteiger partial charge < -0.3 is 20.1 Å². The van der Waals surface area contributed by atoms with Gasteiger partial charge in [-0.25, -0.2) is 0 Å². The maximum absolute atomic E-state index is 13.2. The summed E-state index contributed by atoms with van der Waals surface area (Å²) in [5.74, 6) is -0.375. The number of hydrogen-bond acceptors (Lipinski definition) is 3. The number of para-hydroxylation sites is 1. The van der Waals surface area contributed by atoms with Crippen LogP contribution >= 0.6 is 0 Å². The lowest BCUT2D eigenvalue weighted by molar-refractivity contribution is -0.129. The number of aromatic amines is 1. The highest BCUT2D eigenvalue weighted by atomic mass is 16.2. The summed E-state index contributed by atoms with van der Waals surface area (Å²) in [6.45, 7) is 1.46. The molecule has 2 heterocycles. The Balaban J connectivity index is 1.32. The number of carbonyl (C=O) groups is 2. The van der Waals surface area contributed by atoms with Crippen LogP contribution in [-0.4, -0.2) is 48.9 Å². The van der Waals surface area contributed by atoms with Crippen LogP contribution in [0.5, 0.6) is 0 Å². The first-order valence-corrected chi connectivity index (χ1v) is 12.4. The predicted molar refractivity (Wildman–Crippen MR) is 144 cm³/mol. The van der Waals surface area contributed by atoms with Crippen LogP contribution in [0.4, 0.5) is 5.69 Å². The Morgan fingerprint density at radius 1 is 1.03 bits per heavy atom. The molecule has 2 N–H and O–H groups in total. The van der Waals surface area contributed by atoms with E-state index >= 15 is 0 Å². The third-order valence-corrected chi connectivity index (χ3v) is 7.09. The van der Waals surface area contributed by atoms with Crippen molar-refractivity contribution >= 4 is 28.4 Å². The fraction of sp³-hybridized carbons (Fsp3) is 0.267. The van der Waals surface area contributed by atoms with E-state index in [4.69, 9.17) is 0 Å². The number of amides is 2. The van der Waals surface area contributed by atoms with E-state index in [1.165, 1.54) is 0 Å². The second kappa shape index (κ2) is 10.3. The fourth-order valence-corrected chi connectivity index (χ4v) is 5.05. The molecule has 4 aromatic rings. The Morgan fingerprint density at radius 2 is 1.75 bits per heavy atom. The zero-order valence-electron chi connectivity index (χ0n) is 20.8. The number of carbonyl (C=O) groups excluding carboxylic acids is 2. The molecule has 2 atom stereocenters. The zero-order valence-corrected chi connectivity index (χ0v) is 20.8. The molecule has 36 heavy (non-hydrogen) atoms. The molecule has 184 valence electrons. The van der Waals surface area contributed by atoms with Gasteiger partial charge in [0, 0.05) is 68.9 Å². The van der Waals surface area contributed by atoms with E-state index in [2.05, 4.69) is 51.6 Å². The van der Waals surface area contributed by atoms with Crippen molar-refractivity contribution in [3.8, 4) is 0 Å². The van der Waals surface area contributed by atoms with Crippen molar-refractivity contribution in [2.75, 3.05) is 32.1 Å². The Bertz CT molecular complexity index is 1340. The number of H-pyrrole nitrogens is 1. The topological polar surface area (TPSA) is 68.4 Å². The van der Waals surface area contributed by atoms with Crippen LogP contribution in [0.15, 0.2) is 85.1 Å². The van der Waals surface area contributed by atoms with Crippen molar-refractivity contribution in [2.45, 2.75) is 18.9 Å². The minimum atomic E-state index is -0.332. The van der Waals surface area contributed by atoms with Crippen molar-refractivity contribution in [3.05, 3.63) is 102 Å². The third-order valence-electron chi connectivity index (χ3n) is 7.09. The molecule has 0 spiro atoms. The van der Waals surface area contributed by atoms with E-state index in [0.29, 0.717) is 19.6 Å². The number of nitrogens with one attached hydrogen (secondary N) is 2. The predicted octanol–water partition coefficient (Wildman–Crippen LogP) is 4.53. The van der Waals surface area contributed by atoms with E-state index in [1.54, 1.807) is 4.90 Å². The molecule has 6 heteroatoms. The molecular weight excluding hydrogens is 448 g/mol. The van der Waals surface area contributed by atoms with Gasteiger partial charge >= 0.3 is 0 Å². The smallest absolute Gasteiger partial charge is 0.225 e. The number of fused-ring (bicyclic) bond motifs is 1. The number of nitrogens with zero attached hydrogens (tertiary/aromatic N) is 2. The van der Waals surface area contributed by atoms with Gasteiger partial charge in [0.25, 0.3) is 0 Å². The fourth-order valence-electron chi connectivity index (χ4n) is 5.05. The molecule has 0 aliphatic carbocycles. The molecule has 3 aromatic carbocycles. The summed E-state index contributed by atoms with van der Waals surface area (Å²) in [4.78, 5) is 33.0. The average molecular weight is 481 g/mol. The summed E-state index contributed by atoms with van der Waals surface area (Å²) in [5.41, 5.74) is 5.57. The maximum Gasteiger partial charge on any atom is 0.225 e. The molecular formula is C30H32N4O2. The van der Waals surface area contributed by atoms with Gasteiger partial charge in [-0.15, -0.1) is 0 Å². The summed E-state index contributed by atoms with van der Waals surface area (Å²) in [5, 5.41) is 4.33. The molecule has 1 aromatic heterocycles. The average Bonchev–Trinajstić information content (AvgIpc) is 3.49. The van der Waals surface area contributed by atoms with Gasteiger partial charge in [-0.05, 0) is 34.9 Å². The standard InChI is InChI=1S/C30H32N4O2/c1-33(2)24-14-12-22(13-15-24)26(27-18-31-28-11-7-6-10-25(27)28)17-32-30(36)23-16-29(35)34(20-23)19-21-8-4-3-5-9-21/h3-15,18,23,26,31H,16-17,19-20H2,1-2H3,(H,32,36)/t23-,26-/m0/s1. The first-order valence-electron chi connectivity index (χ1n) is 12.4. The number of rotatable bonds is 8. The van der Waals surface area contributed by atoms with Crippen molar-refractivity contribution in [1.82, 2.24) is 15.2 Å². The SMILES string of the molecule is CN(C)c1ccc([C@H](CNC(=O)[C@H]2CC(=O)N(Cc3ccccc3)C2)c2c[nH]c3ccccc23)cc1.